The van der Waals surface area contributed by atoms with E-state index >= 15 is 0 Å². The number of thiazole rings is 1. The number of carbonyl (C=O) groups is 2. The van der Waals surface area contributed by atoms with E-state index in [1.54, 1.807) is 18.6 Å². The van der Waals surface area contributed by atoms with Gasteiger partial charge in [-0.3, -0.25) is 9.59 Å². The highest BCUT2D eigenvalue weighted by atomic mass is 32.1. The first-order valence-electron chi connectivity index (χ1n) is 8.96. The van der Waals surface area contributed by atoms with Gasteiger partial charge in [-0.1, -0.05) is 41.2 Å². The van der Waals surface area contributed by atoms with Gasteiger partial charge in [0, 0.05) is 0 Å². The Labute approximate surface area is 167 Å². The van der Waals surface area contributed by atoms with Crippen LogP contribution >= 0.6 is 11.3 Å². The molecular weight excluding hydrogens is 376 g/mol. The monoisotopic (exact) mass is 398 g/mol. The minimum Gasteiger partial charge on any atom is -0.497 e. The van der Waals surface area contributed by atoms with Crippen LogP contribution in [0.15, 0.2) is 47.5 Å². The molecule has 28 heavy (non-hydrogen) atoms. The lowest BCUT2D eigenvalue weighted by molar-refractivity contribution is -0.143. The van der Waals surface area contributed by atoms with Crippen LogP contribution < -0.4 is 9.54 Å². The molecule has 0 saturated carbocycles. The van der Waals surface area contributed by atoms with E-state index < -0.39 is 0 Å². The predicted octanol–water partition coefficient (Wildman–Crippen LogP) is 3.25. The Morgan fingerprint density at radius 1 is 1.18 bits per heavy atom. The number of rotatable bonds is 6. The van der Waals surface area contributed by atoms with Crippen LogP contribution in [0.3, 0.4) is 0 Å². The zero-order chi connectivity index (χ0) is 20.1. The third-order valence-corrected chi connectivity index (χ3v) is 5.18. The molecule has 0 aliphatic rings. The highest BCUT2D eigenvalue weighted by molar-refractivity contribution is 7.16. The van der Waals surface area contributed by atoms with Gasteiger partial charge in [0.2, 0.25) is 0 Å². The quantitative estimate of drug-likeness (QED) is 0.598. The van der Waals surface area contributed by atoms with Gasteiger partial charge in [-0.05, 0) is 37.6 Å². The number of hydrogen-bond donors (Lipinski definition) is 0. The predicted molar refractivity (Wildman–Crippen MR) is 108 cm³/mol. The number of benzene rings is 2. The molecule has 0 unspecified atom stereocenters. The number of amides is 1. The van der Waals surface area contributed by atoms with Crippen molar-refractivity contribution in [1.82, 2.24) is 4.57 Å². The molecule has 6 nitrogen and oxygen atoms in total. The second kappa shape index (κ2) is 8.84. The van der Waals surface area contributed by atoms with Gasteiger partial charge < -0.3 is 14.0 Å². The molecular formula is C21H22N2O4S. The van der Waals surface area contributed by atoms with Gasteiger partial charge in [-0.15, -0.1) is 0 Å². The molecule has 0 aliphatic carbocycles. The molecule has 3 aromatic rings. The first-order valence-corrected chi connectivity index (χ1v) is 9.78. The number of aromatic nitrogens is 1. The van der Waals surface area contributed by atoms with E-state index in [9.17, 15) is 9.59 Å². The first kappa shape index (κ1) is 19.8. The van der Waals surface area contributed by atoms with Crippen molar-refractivity contribution in [3.8, 4) is 5.75 Å². The van der Waals surface area contributed by atoms with Gasteiger partial charge in [0.25, 0.3) is 5.91 Å². The molecule has 7 heteroatoms. The van der Waals surface area contributed by atoms with E-state index in [0.717, 1.165) is 21.3 Å². The van der Waals surface area contributed by atoms with Crippen LogP contribution in [0, 0.1) is 6.92 Å². The fraction of sp³-hybridized carbons (Fsp3) is 0.286. The summed E-state index contributed by atoms with van der Waals surface area (Å²) in [4.78, 5) is 29.3. The summed E-state index contributed by atoms with van der Waals surface area (Å²) in [7, 11) is 1.60. The summed E-state index contributed by atoms with van der Waals surface area (Å²) in [6.07, 6.45) is 0.207. The minimum absolute atomic E-state index is 0.00325. The molecule has 0 N–H and O–H groups in total. The molecule has 1 aromatic heterocycles. The number of aryl methyl sites for hydroxylation is 1. The molecule has 0 fully saturated rings. The zero-order valence-electron chi connectivity index (χ0n) is 16.1. The molecule has 1 amide bonds. The Hall–Kier alpha value is -2.93. The van der Waals surface area contributed by atoms with Crippen molar-refractivity contribution in [3.63, 3.8) is 0 Å². The van der Waals surface area contributed by atoms with Crippen molar-refractivity contribution in [1.29, 1.82) is 0 Å². The molecule has 1 heterocycles. The second-order valence-electron chi connectivity index (χ2n) is 6.28. The van der Waals surface area contributed by atoms with Crippen LogP contribution in [-0.2, 0) is 27.3 Å². The van der Waals surface area contributed by atoms with Gasteiger partial charge in [0.05, 0.1) is 30.4 Å². The Kier molecular flexibility index (Phi) is 6.26. The normalized spacial score (nSPS) is 11.6. The summed E-state index contributed by atoms with van der Waals surface area (Å²) >= 11 is 1.34. The SMILES string of the molecule is CCOC(=O)Cn1c(=NC(=O)Cc2cccc(C)c2)sc2cc(OC)ccc21. The summed E-state index contributed by atoms with van der Waals surface area (Å²) in [6, 6.07) is 13.3. The van der Waals surface area contributed by atoms with E-state index in [4.69, 9.17) is 9.47 Å². The number of methoxy groups -OCH3 is 1. The summed E-state index contributed by atoms with van der Waals surface area (Å²) < 4.78 is 12.9. The first-order chi connectivity index (χ1) is 13.5. The van der Waals surface area contributed by atoms with Crippen LogP contribution in [0.4, 0.5) is 0 Å². The van der Waals surface area contributed by atoms with E-state index in [0.29, 0.717) is 17.2 Å². The maximum Gasteiger partial charge on any atom is 0.326 e. The number of nitrogens with zero attached hydrogens (tertiary/aromatic N) is 2. The van der Waals surface area contributed by atoms with Crippen LogP contribution in [0.2, 0.25) is 0 Å². The average molecular weight is 398 g/mol. The lowest BCUT2D eigenvalue weighted by Crippen LogP contribution is -2.23. The van der Waals surface area contributed by atoms with Crippen LogP contribution in [-0.4, -0.2) is 30.2 Å². The maximum atomic E-state index is 12.5. The lowest BCUT2D eigenvalue weighted by Gasteiger charge is -2.05. The lowest BCUT2D eigenvalue weighted by atomic mass is 10.1. The minimum atomic E-state index is -0.370. The van der Waals surface area contributed by atoms with E-state index in [2.05, 4.69) is 4.99 Å². The maximum absolute atomic E-state index is 12.5. The van der Waals surface area contributed by atoms with Crippen molar-refractivity contribution in [2.45, 2.75) is 26.8 Å². The Morgan fingerprint density at radius 2 is 2.00 bits per heavy atom. The Bertz CT molecular complexity index is 1080. The number of fused-ring (bicyclic) bond motifs is 1. The average Bonchev–Trinajstić information content (AvgIpc) is 2.98. The van der Waals surface area contributed by atoms with E-state index in [1.165, 1.54) is 11.3 Å². The molecule has 0 aliphatic heterocycles. The fourth-order valence-electron chi connectivity index (χ4n) is 2.90. The Morgan fingerprint density at radius 3 is 2.71 bits per heavy atom. The zero-order valence-corrected chi connectivity index (χ0v) is 16.9. The smallest absolute Gasteiger partial charge is 0.326 e. The van der Waals surface area contributed by atoms with Crippen molar-refractivity contribution < 1.29 is 19.1 Å². The topological polar surface area (TPSA) is 69.9 Å². The van der Waals surface area contributed by atoms with Gasteiger partial charge in [0.1, 0.15) is 12.3 Å². The highest BCUT2D eigenvalue weighted by Gasteiger charge is 2.13. The molecule has 0 bridgehead atoms. The number of hydrogen-bond acceptors (Lipinski definition) is 5. The molecule has 0 radical (unpaired) electrons. The fourth-order valence-corrected chi connectivity index (χ4v) is 3.97. The van der Waals surface area contributed by atoms with Crippen molar-refractivity contribution in [2.75, 3.05) is 13.7 Å². The Balaban J connectivity index is 2.00. The number of ether oxygens (including phenoxy) is 2. The van der Waals surface area contributed by atoms with Crippen molar-refractivity contribution in [3.05, 3.63) is 58.4 Å². The van der Waals surface area contributed by atoms with E-state index in [-0.39, 0.29) is 24.8 Å². The van der Waals surface area contributed by atoms with Crippen LogP contribution in [0.5, 0.6) is 5.75 Å². The summed E-state index contributed by atoms with van der Waals surface area (Å²) in [5.74, 6) is 0.0713. The van der Waals surface area contributed by atoms with Crippen LogP contribution in [0.25, 0.3) is 10.2 Å². The van der Waals surface area contributed by atoms with Crippen molar-refractivity contribution in [2.24, 2.45) is 4.99 Å². The molecule has 0 spiro atoms. The molecule has 0 atom stereocenters. The third-order valence-electron chi connectivity index (χ3n) is 4.14. The second-order valence-corrected chi connectivity index (χ2v) is 7.29. The largest absolute Gasteiger partial charge is 0.497 e. The summed E-state index contributed by atoms with van der Waals surface area (Å²) in [6.45, 7) is 4.04. The summed E-state index contributed by atoms with van der Waals surface area (Å²) in [5.41, 5.74) is 2.81. The van der Waals surface area contributed by atoms with Gasteiger partial charge in [-0.25, -0.2) is 0 Å². The molecule has 146 valence electrons. The summed E-state index contributed by atoms with van der Waals surface area (Å²) in [5, 5.41) is 0. The van der Waals surface area contributed by atoms with Gasteiger partial charge >= 0.3 is 5.97 Å². The number of carbonyl (C=O) groups excluding carboxylic acids is 2. The molecule has 0 saturated heterocycles. The third kappa shape index (κ3) is 4.67. The van der Waals surface area contributed by atoms with Gasteiger partial charge in [0.15, 0.2) is 4.80 Å². The molecule has 3 rings (SSSR count). The molecule has 2 aromatic carbocycles. The number of esters is 1. The van der Waals surface area contributed by atoms with Gasteiger partial charge in [-0.2, -0.15) is 4.99 Å². The highest BCUT2D eigenvalue weighted by Crippen LogP contribution is 2.23. The standard InChI is InChI=1S/C21H22N2O4S/c1-4-27-20(25)13-23-17-9-8-16(26-3)12-18(17)28-21(23)22-19(24)11-15-7-5-6-14(2)10-15/h5-10,12H,4,11,13H2,1-3H3. The van der Waals surface area contributed by atoms with Crippen molar-refractivity contribution >= 4 is 33.4 Å². The van der Waals surface area contributed by atoms with E-state index in [1.807, 2.05) is 49.4 Å². The van der Waals surface area contributed by atoms with Crippen LogP contribution in [0.1, 0.15) is 18.1 Å².